The van der Waals surface area contributed by atoms with E-state index in [9.17, 15) is 13.2 Å². The normalized spacial score (nSPS) is 11.5. The third-order valence-electron chi connectivity index (χ3n) is 0.392. The molecule has 0 unspecified atom stereocenters. The van der Waals surface area contributed by atoms with Crippen LogP contribution in [0.5, 0.6) is 0 Å². The summed E-state index contributed by atoms with van der Waals surface area (Å²) in [5, 5.41) is -0.377. The maximum absolute atomic E-state index is 11.2. The zero-order valence-electron chi connectivity index (χ0n) is 3.93. The predicted molar refractivity (Wildman–Crippen MR) is 25.7 cm³/mol. The van der Waals surface area contributed by atoms with Gasteiger partial charge in [0.1, 0.15) is 0 Å². The van der Waals surface area contributed by atoms with Gasteiger partial charge in [-0.25, -0.2) is 0 Å². The van der Waals surface area contributed by atoms with Crippen LogP contribution in [0.25, 0.3) is 0 Å². The Balaban J connectivity index is 3.55. The standard InChI is InChI=1S/C4H4ClF3/c1-3(5)2-4(6,7)8/h1-2H2. The fourth-order valence-corrected chi connectivity index (χ4v) is 0.369. The molecule has 0 aliphatic carbocycles. The minimum atomic E-state index is -4.21. The Labute approximate surface area is 49.9 Å². The van der Waals surface area contributed by atoms with Gasteiger partial charge in [-0.05, 0) is 0 Å². The minimum Gasteiger partial charge on any atom is -0.171 e. The first-order valence-corrected chi connectivity index (χ1v) is 2.19. The number of rotatable bonds is 1. The first-order valence-electron chi connectivity index (χ1n) is 1.82. The first-order chi connectivity index (χ1) is 3.42. The molecule has 0 rings (SSSR count). The van der Waals surface area contributed by atoms with Crippen molar-refractivity contribution < 1.29 is 13.2 Å². The number of hydrogen-bond acceptors (Lipinski definition) is 0. The van der Waals surface area contributed by atoms with E-state index in [1.54, 1.807) is 0 Å². The average molecular weight is 145 g/mol. The molecule has 0 aromatic carbocycles. The molecule has 0 saturated carbocycles. The molecule has 0 aliphatic heterocycles. The summed E-state index contributed by atoms with van der Waals surface area (Å²) in [6.45, 7) is 2.89. The summed E-state index contributed by atoms with van der Waals surface area (Å²) in [7, 11) is 0. The van der Waals surface area contributed by atoms with Crippen molar-refractivity contribution in [3.05, 3.63) is 11.6 Å². The molecule has 8 heavy (non-hydrogen) atoms. The average Bonchev–Trinajstić information content (AvgIpc) is 1.21. The van der Waals surface area contributed by atoms with Crippen molar-refractivity contribution in [2.45, 2.75) is 12.6 Å². The van der Waals surface area contributed by atoms with Crippen molar-refractivity contribution in [3.8, 4) is 0 Å². The summed E-state index contributed by atoms with van der Waals surface area (Å²) in [6, 6.07) is 0. The van der Waals surface area contributed by atoms with E-state index in [-0.39, 0.29) is 5.03 Å². The van der Waals surface area contributed by atoms with E-state index in [0.29, 0.717) is 0 Å². The van der Waals surface area contributed by atoms with E-state index in [1.165, 1.54) is 0 Å². The highest BCUT2D eigenvalue weighted by atomic mass is 35.5. The Morgan fingerprint density at radius 1 is 1.50 bits per heavy atom. The number of hydrogen-bond donors (Lipinski definition) is 0. The molecule has 0 heterocycles. The molecular weight excluding hydrogens is 140 g/mol. The van der Waals surface area contributed by atoms with Crippen LogP contribution in [0.2, 0.25) is 0 Å². The summed E-state index contributed by atoms with van der Waals surface area (Å²) in [4.78, 5) is 0. The molecule has 0 nitrogen and oxygen atoms in total. The van der Waals surface area contributed by atoms with Crippen LogP contribution >= 0.6 is 11.6 Å². The van der Waals surface area contributed by atoms with Crippen LogP contribution in [0, 0.1) is 0 Å². The SMILES string of the molecule is C=C(Cl)CC(F)(F)F. The molecule has 0 amide bonds. The van der Waals surface area contributed by atoms with Gasteiger partial charge in [-0.2, -0.15) is 13.2 Å². The van der Waals surface area contributed by atoms with Crippen molar-refractivity contribution in [2.24, 2.45) is 0 Å². The van der Waals surface area contributed by atoms with Crippen LogP contribution in [0.15, 0.2) is 11.6 Å². The summed E-state index contributed by atoms with van der Waals surface area (Å²) in [5.74, 6) is 0. The van der Waals surface area contributed by atoms with Gasteiger partial charge in [0.25, 0.3) is 0 Å². The monoisotopic (exact) mass is 144 g/mol. The Hall–Kier alpha value is -0.180. The van der Waals surface area contributed by atoms with Gasteiger partial charge in [0.05, 0.1) is 6.42 Å². The topological polar surface area (TPSA) is 0 Å². The van der Waals surface area contributed by atoms with Gasteiger partial charge in [0.15, 0.2) is 0 Å². The predicted octanol–water partition coefficient (Wildman–Crippen LogP) is 2.69. The van der Waals surface area contributed by atoms with E-state index in [1.807, 2.05) is 0 Å². The smallest absolute Gasteiger partial charge is 0.171 e. The fraction of sp³-hybridized carbons (Fsp3) is 0.500. The van der Waals surface area contributed by atoms with Crippen molar-refractivity contribution in [1.29, 1.82) is 0 Å². The van der Waals surface area contributed by atoms with E-state index in [4.69, 9.17) is 11.6 Å². The number of alkyl halides is 3. The summed E-state index contributed by atoms with van der Waals surface area (Å²) in [6.07, 6.45) is -5.31. The van der Waals surface area contributed by atoms with E-state index in [0.717, 1.165) is 0 Å². The molecule has 0 aromatic rings. The zero-order chi connectivity index (χ0) is 6.78. The van der Waals surface area contributed by atoms with Gasteiger partial charge in [-0.15, -0.1) is 0 Å². The van der Waals surface area contributed by atoms with Gasteiger partial charge in [-0.1, -0.05) is 18.2 Å². The van der Waals surface area contributed by atoms with E-state index in [2.05, 4.69) is 6.58 Å². The summed E-state index contributed by atoms with van der Waals surface area (Å²) < 4.78 is 33.5. The molecule has 0 aromatic heterocycles. The molecule has 0 saturated heterocycles. The molecule has 0 radical (unpaired) electrons. The molecule has 0 fully saturated rings. The second-order valence-corrected chi connectivity index (χ2v) is 1.84. The highest BCUT2D eigenvalue weighted by molar-refractivity contribution is 6.29. The van der Waals surface area contributed by atoms with Gasteiger partial charge in [0.2, 0.25) is 0 Å². The van der Waals surface area contributed by atoms with Gasteiger partial charge < -0.3 is 0 Å². The second-order valence-electron chi connectivity index (χ2n) is 1.31. The molecule has 4 heteroatoms. The summed E-state index contributed by atoms with van der Waals surface area (Å²) in [5.41, 5.74) is 0. The Bertz CT molecular complexity index is 93.9. The first kappa shape index (κ1) is 7.82. The van der Waals surface area contributed by atoms with E-state index < -0.39 is 12.6 Å². The Morgan fingerprint density at radius 3 is 1.88 bits per heavy atom. The van der Waals surface area contributed by atoms with Crippen LogP contribution in [-0.2, 0) is 0 Å². The van der Waals surface area contributed by atoms with Gasteiger partial charge in [0, 0.05) is 5.03 Å². The lowest BCUT2D eigenvalue weighted by atomic mass is 10.4. The lowest BCUT2D eigenvalue weighted by molar-refractivity contribution is -0.125. The Kier molecular flexibility index (Phi) is 2.34. The molecule has 0 bridgehead atoms. The minimum absolute atomic E-state index is 0.377. The van der Waals surface area contributed by atoms with Crippen molar-refractivity contribution in [2.75, 3.05) is 0 Å². The number of allylic oxidation sites excluding steroid dienone is 1. The number of halogens is 4. The zero-order valence-corrected chi connectivity index (χ0v) is 4.68. The van der Waals surface area contributed by atoms with Gasteiger partial charge >= 0.3 is 6.18 Å². The molecule has 0 N–H and O–H groups in total. The van der Waals surface area contributed by atoms with Gasteiger partial charge in [-0.3, -0.25) is 0 Å². The highest BCUT2D eigenvalue weighted by Crippen LogP contribution is 2.24. The Morgan fingerprint density at radius 2 is 1.88 bits per heavy atom. The highest BCUT2D eigenvalue weighted by Gasteiger charge is 2.27. The van der Waals surface area contributed by atoms with Crippen molar-refractivity contribution >= 4 is 11.6 Å². The maximum Gasteiger partial charge on any atom is 0.393 e. The third-order valence-corrected chi connectivity index (χ3v) is 0.526. The molecule has 0 aliphatic rings. The largest absolute Gasteiger partial charge is 0.393 e. The van der Waals surface area contributed by atoms with Crippen LogP contribution in [-0.4, -0.2) is 6.18 Å². The molecule has 0 spiro atoms. The van der Waals surface area contributed by atoms with Crippen molar-refractivity contribution in [1.82, 2.24) is 0 Å². The molecular formula is C4H4ClF3. The van der Waals surface area contributed by atoms with Crippen molar-refractivity contribution in [3.63, 3.8) is 0 Å². The van der Waals surface area contributed by atoms with Crippen LogP contribution < -0.4 is 0 Å². The quantitative estimate of drug-likeness (QED) is 0.531. The van der Waals surface area contributed by atoms with Crippen LogP contribution in [0.1, 0.15) is 6.42 Å². The van der Waals surface area contributed by atoms with Crippen LogP contribution in [0.4, 0.5) is 13.2 Å². The maximum atomic E-state index is 11.2. The lowest BCUT2D eigenvalue weighted by Crippen LogP contribution is -2.05. The van der Waals surface area contributed by atoms with E-state index >= 15 is 0 Å². The third kappa shape index (κ3) is 5.82. The second kappa shape index (κ2) is 2.40. The molecule has 48 valence electrons. The van der Waals surface area contributed by atoms with Crippen LogP contribution in [0.3, 0.4) is 0 Å². The summed E-state index contributed by atoms with van der Waals surface area (Å²) >= 11 is 4.85. The molecule has 0 atom stereocenters. The lowest BCUT2D eigenvalue weighted by Gasteiger charge is -2.01. The fourth-order valence-electron chi connectivity index (χ4n) is 0.217.